The van der Waals surface area contributed by atoms with E-state index in [1.807, 2.05) is 12.1 Å². The molecule has 1 aliphatic carbocycles. The summed E-state index contributed by atoms with van der Waals surface area (Å²) in [4.78, 5) is 12.5. The van der Waals surface area contributed by atoms with E-state index < -0.39 is 12.7 Å². The van der Waals surface area contributed by atoms with Crippen LogP contribution in [0.25, 0.3) is 0 Å². The zero-order chi connectivity index (χ0) is 17.6. The Morgan fingerprint density at radius 3 is 2.76 bits per heavy atom. The molecule has 0 amide bonds. The van der Waals surface area contributed by atoms with Crippen LogP contribution in [0, 0.1) is 5.92 Å². The fourth-order valence-electron chi connectivity index (χ4n) is 4.01. The summed E-state index contributed by atoms with van der Waals surface area (Å²) in [5.74, 6) is 0.203. The maximum absolute atomic E-state index is 11.8. The highest BCUT2D eigenvalue weighted by Crippen LogP contribution is 2.63. The van der Waals surface area contributed by atoms with Crippen molar-refractivity contribution in [3.05, 3.63) is 23.3 Å². The fourth-order valence-corrected chi connectivity index (χ4v) is 5.17. The van der Waals surface area contributed by atoms with Gasteiger partial charge in [0.05, 0.1) is 5.75 Å². The van der Waals surface area contributed by atoms with E-state index >= 15 is 0 Å². The number of ether oxygens (including phenoxy) is 1. The van der Waals surface area contributed by atoms with E-state index in [0.29, 0.717) is 17.2 Å². The van der Waals surface area contributed by atoms with Gasteiger partial charge in [-0.2, -0.15) is 0 Å². The van der Waals surface area contributed by atoms with Crippen LogP contribution >= 0.6 is 11.8 Å². The molecule has 1 aromatic rings. The van der Waals surface area contributed by atoms with Crippen LogP contribution in [0.3, 0.4) is 0 Å². The Kier molecular flexibility index (Phi) is 4.48. The Bertz CT molecular complexity index is 688. The zero-order valence-electron chi connectivity index (χ0n) is 13.9. The van der Waals surface area contributed by atoms with Crippen LogP contribution in [0.4, 0.5) is 0 Å². The minimum absolute atomic E-state index is 0.00172. The van der Waals surface area contributed by atoms with E-state index in [0.717, 1.165) is 43.8 Å². The smallest absolute Gasteiger partial charge is 0.434 e. The van der Waals surface area contributed by atoms with Crippen molar-refractivity contribution < 1.29 is 29.3 Å². The van der Waals surface area contributed by atoms with Gasteiger partial charge in [-0.05, 0) is 48.5 Å². The van der Waals surface area contributed by atoms with E-state index in [1.165, 1.54) is 11.8 Å². The molecule has 0 radical (unpaired) electrons. The lowest BCUT2D eigenvalue weighted by Crippen LogP contribution is -2.45. The minimum atomic E-state index is -2.97. The predicted octanol–water partition coefficient (Wildman–Crippen LogP) is 2.47. The molecule has 6 nitrogen and oxygen atoms in total. The maximum Gasteiger partial charge on any atom is 0.434 e. The van der Waals surface area contributed by atoms with Gasteiger partial charge in [-0.25, -0.2) is 4.79 Å². The molecule has 2 aliphatic heterocycles. The van der Waals surface area contributed by atoms with Crippen molar-refractivity contribution in [3.63, 3.8) is 0 Å². The lowest BCUT2D eigenvalue weighted by Gasteiger charge is -2.37. The van der Waals surface area contributed by atoms with Crippen LogP contribution in [0.2, 0.25) is 5.82 Å². The van der Waals surface area contributed by atoms with Gasteiger partial charge >= 0.3 is 12.7 Å². The maximum atomic E-state index is 11.8. The van der Waals surface area contributed by atoms with E-state index in [1.54, 1.807) is 0 Å². The van der Waals surface area contributed by atoms with Gasteiger partial charge in [0.1, 0.15) is 5.56 Å². The minimum Gasteiger partial charge on any atom is -0.669 e. The normalized spacial score (nSPS) is 27.1. The van der Waals surface area contributed by atoms with Crippen LogP contribution in [0.1, 0.15) is 47.5 Å². The Morgan fingerprint density at radius 2 is 2.04 bits per heavy atom. The SMILES string of the molecule is O=C(O)c1c(SCCC2CCOCC2)ccc2c1O[B-](O)(O)[C@H]1C[C@@H]21. The average Bonchev–Trinajstić information content (AvgIpc) is 3.37. The van der Waals surface area contributed by atoms with Gasteiger partial charge in [0.2, 0.25) is 0 Å². The average molecular weight is 365 g/mol. The Hall–Kier alpha value is -1.22. The number of carboxylic acids is 1. The number of benzene rings is 1. The summed E-state index contributed by atoms with van der Waals surface area (Å²) >= 11 is 1.50. The van der Waals surface area contributed by atoms with Gasteiger partial charge in [-0.15, -0.1) is 11.8 Å². The van der Waals surface area contributed by atoms with Gasteiger partial charge in [0.25, 0.3) is 0 Å². The highest BCUT2D eigenvalue weighted by Gasteiger charge is 2.55. The van der Waals surface area contributed by atoms with Crippen LogP contribution in [0.15, 0.2) is 17.0 Å². The first-order valence-electron chi connectivity index (χ1n) is 8.86. The molecule has 3 aliphatic rings. The summed E-state index contributed by atoms with van der Waals surface area (Å²) < 4.78 is 10.7. The van der Waals surface area contributed by atoms with Crippen LogP contribution < -0.4 is 4.65 Å². The molecule has 3 N–H and O–H groups in total. The Morgan fingerprint density at radius 1 is 1.28 bits per heavy atom. The van der Waals surface area contributed by atoms with Crippen molar-refractivity contribution in [2.75, 3.05) is 19.0 Å². The van der Waals surface area contributed by atoms with E-state index in [2.05, 4.69) is 0 Å². The first-order valence-corrected chi connectivity index (χ1v) is 9.85. The summed E-state index contributed by atoms with van der Waals surface area (Å²) in [5, 5.41) is 29.8. The number of carboxylic acid groups (broad SMARTS) is 1. The Labute approximate surface area is 150 Å². The molecule has 2 fully saturated rings. The van der Waals surface area contributed by atoms with Crippen molar-refractivity contribution in [3.8, 4) is 5.75 Å². The lowest BCUT2D eigenvalue weighted by atomic mass is 9.68. The first kappa shape index (κ1) is 17.2. The number of hydrogen-bond donors (Lipinski definition) is 3. The van der Waals surface area contributed by atoms with Gasteiger partial charge in [0, 0.05) is 18.1 Å². The second-order valence-electron chi connectivity index (χ2n) is 7.24. The van der Waals surface area contributed by atoms with Gasteiger partial charge in [-0.3, -0.25) is 0 Å². The second-order valence-corrected chi connectivity index (χ2v) is 8.38. The summed E-state index contributed by atoms with van der Waals surface area (Å²) in [5.41, 5.74) is 0.853. The molecule has 0 bridgehead atoms. The van der Waals surface area contributed by atoms with Crippen LogP contribution in [-0.4, -0.2) is 46.8 Å². The third-order valence-electron chi connectivity index (χ3n) is 5.58. The highest BCUT2D eigenvalue weighted by molar-refractivity contribution is 7.99. The fraction of sp³-hybridized carbons (Fsp3) is 0.588. The summed E-state index contributed by atoms with van der Waals surface area (Å²) in [6.07, 6.45) is 3.77. The monoisotopic (exact) mass is 365 g/mol. The lowest BCUT2D eigenvalue weighted by molar-refractivity contribution is 0.0657. The van der Waals surface area contributed by atoms with Gasteiger partial charge < -0.3 is 24.5 Å². The second kappa shape index (κ2) is 6.50. The third kappa shape index (κ3) is 3.28. The number of hydrogen-bond acceptors (Lipinski definition) is 6. The molecule has 25 heavy (non-hydrogen) atoms. The molecule has 0 unspecified atom stereocenters. The van der Waals surface area contributed by atoms with E-state index in [9.17, 15) is 19.9 Å². The number of rotatable bonds is 5. The summed E-state index contributed by atoms with van der Waals surface area (Å²) in [6, 6.07) is 3.72. The topological polar surface area (TPSA) is 96.2 Å². The molecule has 1 aromatic carbocycles. The highest BCUT2D eigenvalue weighted by atomic mass is 32.2. The van der Waals surface area contributed by atoms with E-state index in [4.69, 9.17) is 9.39 Å². The number of aromatic carboxylic acids is 1. The zero-order valence-corrected chi connectivity index (χ0v) is 14.7. The summed E-state index contributed by atoms with van der Waals surface area (Å²) in [6.45, 7) is -1.35. The first-order chi connectivity index (χ1) is 12.0. The standard InChI is InChI=1S/C17H22BO6S/c19-17(20)15-14(25-8-5-10-3-6-23-7-4-10)2-1-11-12-9-13(12)18(21,22)24-16(11)15/h1-2,10,12-13,21-22H,3-9H2,(H,19,20)/q-1/t12-,13-/m0/s1. The van der Waals surface area contributed by atoms with Crippen LogP contribution in [-0.2, 0) is 4.74 Å². The van der Waals surface area contributed by atoms with Crippen molar-refractivity contribution in [2.45, 2.75) is 42.3 Å². The molecule has 0 aromatic heterocycles. The largest absolute Gasteiger partial charge is 0.669 e. The molecule has 1 saturated carbocycles. The summed E-state index contributed by atoms with van der Waals surface area (Å²) in [7, 11) is 0. The van der Waals surface area contributed by atoms with Crippen molar-refractivity contribution in [2.24, 2.45) is 5.92 Å². The molecule has 4 rings (SSSR count). The molecule has 2 heterocycles. The molecule has 8 heteroatoms. The molecular weight excluding hydrogens is 343 g/mol. The quantitative estimate of drug-likeness (QED) is 0.545. The molecule has 136 valence electrons. The van der Waals surface area contributed by atoms with Gasteiger partial charge in [-0.1, -0.05) is 18.3 Å². The predicted molar refractivity (Wildman–Crippen MR) is 94.2 cm³/mol. The van der Waals surface area contributed by atoms with E-state index in [-0.39, 0.29) is 23.0 Å². The van der Waals surface area contributed by atoms with Crippen LogP contribution in [0.5, 0.6) is 5.75 Å². The van der Waals surface area contributed by atoms with Crippen molar-refractivity contribution in [1.29, 1.82) is 0 Å². The third-order valence-corrected chi connectivity index (χ3v) is 6.67. The number of thioether (sulfide) groups is 1. The molecule has 0 spiro atoms. The Balaban J connectivity index is 1.53. The van der Waals surface area contributed by atoms with Crippen molar-refractivity contribution in [1.82, 2.24) is 0 Å². The molecular formula is C17H22BO6S-. The number of carbonyl (C=O) groups is 1. The molecule has 1 saturated heterocycles. The van der Waals surface area contributed by atoms with Gasteiger partial charge in [0.15, 0.2) is 0 Å². The van der Waals surface area contributed by atoms with Crippen molar-refractivity contribution >= 4 is 24.5 Å². The number of fused-ring (bicyclic) bond motifs is 3. The molecule has 2 atom stereocenters.